The van der Waals surface area contributed by atoms with Crippen molar-refractivity contribution >= 4 is 40.0 Å². The molecule has 7 nitrogen and oxygen atoms in total. The maximum absolute atomic E-state index is 11.8. The van der Waals surface area contributed by atoms with Crippen LogP contribution >= 0.6 is 24.0 Å². The topological polar surface area (TPSA) is 85.8 Å². The molecule has 2 atom stereocenters. The second-order valence-electron chi connectivity index (χ2n) is 7.95. The third-order valence-corrected chi connectivity index (χ3v) is 7.20. The minimum absolute atomic E-state index is 0. The largest absolute Gasteiger partial charge is 0.354 e. The highest BCUT2D eigenvalue weighted by atomic mass is 127. The van der Waals surface area contributed by atoms with Crippen molar-refractivity contribution in [2.45, 2.75) is 49.8 Å². The fraction of sp³-hybridized carbons (Fsp3) is 0.435. The number of guanidine groups is 1. The van der Waals surface area contributed by atoms with E-state index in [9.17, 15) is 8.42 Å². The van der Waals surface area contributed by atoms with E-state index in [1.165, 1.54) is 12.6 Å². The molecular formula is C23H34IN5O2S. The molecule has 0 amide bonds. The molecule has 176 valence electrons. The van der Waals surface area contributed by atoms with Gasteiger partial charge in [-0.2, -0.15) is 0 Å². The predicted octanol–water partition coefficient (Wildman–Crippen LogP) is 2.93. The van der Waals surface area contributed by atoms with Gasteiger partial charge in [-0.25, -0.2) is 13.1 Å². The molecule has 2 aromatic rings. The lowest BCUT2D eigenvalue weighted by molar-refractivity contribution is 0.134. The summed E-state index contributed by atoms with van der Waals surface area (Å²) in [5.74, 6) is 0.764. The summed E-state index contributed by atoms with van der Waals surface area (Å²) in [6.07, 6.45) is 2.12. The highest BCUT2D eigenvalue weighted by molar-refractivity contribution is 14.0. The summed E-state index contributed by atoms with van der Waals surface area (Å²) in [7, 11) is -0.230. The first kappa shape index (κ1) is 26.6. The molecule has 3 N–H and O–H groups in total. The van der Waals surface area contributed by atoms with E-state index in [-0.39, 0.29) is 28.9 Å². The van der Waals surface area contributed by atoms with E-state index in [4.69, 9.17) is 0 Å². The Kier molecular flexibility index (Phi) is 10.4. The number of hydrogen-bond donors (Lipinski definition) is 3. The van der Waals surface area contributed by atoms with Crippen molar-refractivity contribution in [2.24, 2.45) is 4.99 Å². The fourth-order valence-corrected chi connectivity index (χ4v) is 4.61. The summed E-state index contributed by atoms with van der Waals surface area (Å²) in [6, 6.07) is 18.3. The van der Waals surface area contributed by atoms with Gasteiger partial charge in [0.1, 0.15) is 0 Å². The van der Waals surface area contributed by atoms with Crippen molar-refractivity contribution in [2.75, 3.05) is 20.6 Å². The highest BCUT2D eigenvalue weighted by Crippen LogP contribution is 2.20. The molecule has 0 aromatic heterocycles. The normalized spacial score (nSPS) is 19.8. The van der Waals surface area contributed by atoms with Crippen molar-refractivity contribution in [1.29, 1.82) is 0 Å². The standard InChI is InChI=1S/C23H33N5O2S.HI/c1-18-15-21(13-14-28(18)17-20-7-5-4-6-8-20)27-23(24-2)26-16-19-9-11-22(12-10-19)31(29,30)25-3;/h4-12,18,21,25H,13-17H2,1-3H3,(H2,24,26,27);1H. The van der Waals surface area contributed by atoms with Crippen molar-refractivity contribution in [3.8, 4) is 0 Å². The number of aliphatic imine (C=N–C) groups is 1. The van der Waals surface area contributed by atoms with Crippen LogP contribution in [-0.2, 0) is 23.1 Å². The second kappa shape index (κ2) is 12.5. The molecule has 2 unspecified atom stereocenters. The van der Waals surface area contributed by atoms with Crippen molar-refractivity contribution in [1.82, 2.24) is 20.3 Å². The molecule has 9 heteroatoms. The van der Waals surface area contributed by atoms with Crippen LogP contribution in [0.25, 0.3) is 0 Å². The number of benzene rings is 2. The van der Waals surface area contributed by atoms with Crippen LogP contribution < -0.4 is 15.4 Å². The molecule has 1 aliphatic rings. The first-order valence-corrected chi connectivity index (χ1v) is 12.2. The maximum atomic E-state index is 11.8. The molecule has 0 bridgehead atoms. The number of piperidine rings is 1. The average molecular weight is 572 g/mol. The van der Waals surface area contributed by atoms with E-state index in [1.54, 1.807) is 19.2 Å². The first-order valence-electron chi connectivity index (χ1n) is 10.7. The van der Waals surface area contributed by atoms with Gasteiger partial charge < -0.3 is 10.6 Å². The van der Waals surface area contributed by atoms with Gasteiger partial charge in [0.2, 0.25) is 10.0 Å². The molecule has 1 fully saturated rings. The zero-order valence-corrected chi connectivity index (χ0v) is 22.1. The van der Waals surface area contributed by atoms with Gasteiger partial charge in [-0.3, -0.25) is 9.89 Å². The summed E-state index contributed by atoms with van der Waals surface area (Å²) >= 11 is 0. The SMILES string of the molecule is CN=C(NCc1ccc(S(=O)(=O)NC)cc1)NC1CCN(Cc2ccccc2)C(C)C1.I. The zero-order chi connectivity index (χ0) is 22.3. The molecule has 0 spiro atoms. The number of nitrogens with zero attached hydrogens (tertiary/aromatic N) is 2. The Bertz CT molecular complexity index is 968. The van der Waals surface area contributed by atoms with E-state index in [1.807, 2.05) is 12.1 Å². The van der Waals surface area contributed by atoms with E-state index >= 15 is 0 Å². The predicted molar refractivity (Wildman–Crippen MR) is 141 cm³/mol. The summed E-state index contributed by atoms with van der Waals surface area (Å²) in [5, 5.41) is 6.87. The Hall–Kier alpha value is -1.69. The molecule has 1 saturated heterocycles. The third-order valence-electron chi connectivity index (χ3n) is 5.77. The van der Waals surface area contributed by atoms with E-state index in [0.717, 1.165) is 37.5 Å². The summed E-state index contributed by atoms with van der Waals surface area (Å²) in [5.41, 5.74) is 2.34. The van der Waals surface area contributed by atoms with Gasteiger partial charge in [-0.1, -0.05) is 42.5 Å². The Morgan fingerprint density at radius 2 is 1.78 bits per heavy atom. The van der Waals surface area contributed by atoms with Crippen molar-refractivity contribution in [3.63, 3.8) is 0 Å². The van der Waals surface area contributed by atoms with Crippen LogP contribution in [0.1, 0.15) is 30.9 Å². The lowest BCUT2D eigenvalue weighted by Crippen LogP contribution is -2.51. The molecule has 2 aromatic carbocycles. The van der Waals surface area contributed by atoms with Crippen LogP contribution in [0.15, 0.2) is 64.5 Å². The van der Waals surface area contributed by atoms with E-state index in [2.05, 4.69) is 62.5 Å². The van der Waals surface area contributed by atoms with Crippen LogP contribution in [0, 0.1) is 0 Å². The van der Waals surface area contributed by atoms with Gasteiger partial charge in [0.15, 0.2) is 5.96 Å². The van der Waals surface area contributed by atoms with Crippen LogP contribution in [0.4, 0.5) is 0 Å². The summed E-state index contributed by atoms with van der Waals surface area (Å²) < 4.78 is 26.0. The van der Waals surface area contributed by atoms with Gasteiger partial charge in [0.05, 0.1) is 4.90 Å². The molecule has 3 rings (SSSR count). The first-order chi connectivity index (χ1) is 14.9. The Morgan fingerprint density at radius 1 is 1.09 bits per heavy atom. The van der Waals surface area contributed by atoms with Crippen LogP contribution in [0.2, 0.25) is 0 Å². The molecule has 1 heterocycles. The molecule has 1 aliphatic heterocycles. The van der Waals surface area contributed by atoms with Gasteiger partial charge in [0, 0.05) is 38.8 Å². The van der Waals surface area contributed by atoms with Crippen LogP contribution in [-0.4, -0.2) is 52.0 Å². The molecule has 32 heavy (non-hydrogen) atoms. The van der Waals surface area contributed by atoms with Gasteiger partial charge in [-0.05, 0) is 50.1 Å². The smallest absolute Gasteiger partial charge is 0.240 e. The number of halogens is 1. The molecule has 0 radical (unpaired) electrons. The minimum atomic E-state index is -3.41. The number of sulfonamides is 1. The van der Waals surface area contributed by atoms with E-state index < -0.39 is 10.0 Å². The third kappa shape index (κ3) is 7.43. The number of hydrogen-bond acceptors (Lipinski definition) is 4. The minimum Gasteiger partial charge on any atom is -0.354 e. The molecule has 0 aliphatic carbocycles. The quantitative estimate of drug-likeness (QED) is 0.271. The molecular weight excluding hydrogens is 537 g/mol. The lowest BCUT2D eigenvalue weighted by atomic mass is 9.97. The Labute approximate surface area is 209 Å². The second-order valence-corrected chi connectivity index (χ2v) is 9.83. The Balaban J connectivity index is 0.00000363. The van der Waals surface area contributed by atoms with Crippen LogP contribution in [0.5, 0.6) is 0 Å². The lowest BCUT2D eigenvalue weighted by Gasteiger charge is -2.38. The van der Waals surface area contributed by atoms with Gasteiger partial charge in [-0.15, -0.1) is 24.0 Å². The summed E-state index contributed by atoms with van der Waals surface area (Å²) in [4.78, 5) is 7.15. The van der Waals surface area contributed by atoms with E-state index in [0.29, 0.717) is 18.6 Å². The fourth-order valence-electron chi connectivity index (χ4n) is 3.88. The summed E-state index contributed by atoms with van der Waals surface area (Å²) in [6.45, 7) is 4.89. The number of rotatable bonds is 7. The van der Waals surface area contributed by atoms with Gasteiger partial charge >= 0.3 is 0 Å². The maximum Gasteiger partial charge on any atom is 0.240 e. The number of likely N-dealkylation sites (tertiary alicyclic amines) is 1. The van der Waals surface area contributed by atoms with Gasteiger partial charge in [0.25, 0.3) is 0 Å². The molecule has 0 saturated carbocycles. The monoisotopic (exact) mass is 571 g/mol. The Morgan fingerprint density at radius 3 is 2.38 bits per heavy atom. The zero-order valence-electron chi connectivity index (χ0n) is 18.9. The highest BCUT2D eigenvalue weighted by Gasteiger charge is 2.26. The number of nitrogens with one attached hydrogen (secondary N) is 3. The average Bonchev–Trinajstić information content (AvgIpc) is 2.79. The van der Waals surface area contributed by atoms with Crippen LogP contribution in [0.3, 0.4) is 0 Å². The van der Waals surface area contributed by atoms with Crippen molar-refractivity contribution < 1.29 is 8.42 Å². The van der Waals surface area contributed by atoms with Crippen molar-refractivity contribution in [3.05, 3.63) is 65.7 Å².